The van der Waals surface area contributed by atoms with Crippen molar-refractivity contribution in [3.8, 4) is 6.07 Å². The van der Waals surface area contributed by atoms with Crippen molar-refractivity contribution < 1.29 is 13.2 Å². The average Bonchev–Trinajstić information content (AvgIpc) is 2.76. The van der Waals surface area contributed by atoms with E-state index in [1.165, 1.54) is 28.6 Å². The third-order valence-corrected chi connectivity index (χ3v) is 6.73. The highest BCUT2D eigenvalue weighted by Gasteiger charge is 2.26. The molecular weight excluding hydrogens is 422 g/mol. The molecule has 3 aromatic carbocycles. The molecule has 152 valence electrons. The minimum absolute atomic E-state index is 0.0499. The van der Waals surface area contributed by atoms with Crippen molar-refractivity contribution in [2.24, 2.45) is 0 Å². The summed E-state index contributed by atoms with van der Waals surface area (Å²) in [5, 5.41) is 11.7. The predicted octanol–water partition coefficient (Wildman–Crippen LogP) is 4.68. The third kappa shape index (κ3) is 4.46. The predicted molar refractivity (Wildman–Crippen MR) is 117 cm³/mol. The molecule has 3 aromatic rings. The maximum atomic E-state index is 13.3. The number of hydrogen-bond donors (Lipinski definition) is 1. The first kappa shape index (κ1) is 21.4. The van der Waals surface area contributed by atoms with Crippen LogP contribution in [0.3, 0.4) is 0 Å². The van der Waals surface area contributed by atoms with Gasteiger partial charge in [0, 0.05) is 17.8 Å². The Kier molecular flexibility index (Phi) is 6.40. The van der Waals surface area contributed by atoms with Crippen LogP contribution in [0.4, 0.5) is 11.4 Å². The molecule has 0 saturated heterocycles. The van der Waals surface area contributed by atoms with Gasteiger partial charge in [-0.3, -0.25) is 9.10 Å². The lowest BCUT2D eigenvalue weighted by Gasteiger charge is -2.23. The highest BCUT2D eigenvalue weighted by molar-refractivity contribution is 7.93. The van der Waals surface area contributed by atoms with Crippen LogP contribution in [-0.2, 0) is 10.0 Å². The quantitative estimate of drug-likeness (QED) is 0.603. The normalized spacial score (nSPS) is 10.8. The number of sulfonamides is 1. The zero-order valence-corrected chi connectivity index (χ0v) is 17.6. The van der Waals surface area contributed by atoms with Gasteiger partial charge in [-0.2, -0.15) is 5.26 Å². The van der Waals surface area contributed by atoms with Crippen molar-refractivity contribution in [1.82, 2.24) is 0 Å². The monoisotopic (exact) mass is 439 g/mol. The fourth-order valence-electron chi connectivity index (χ4n) is 2.92. The molecule has 0 spiro atoms. The standard InChI is InChI=1S/C22H18ClN3O3S/c1-2-26(19-9-4-3-5-10-19)30(28,29)21-14-18(11-12-20(21)23)25-22(27)17-8-6-7-16(13-17)15-24/h3-14H,2H2,1H3,(H,25,27). The van der Waals surface area contributed by atoms with Gasteiger partial charge in [0.25, 0.3) is 15.9 Å². The van der Waals surface area contributed by atoms with Gasteiger partial charge in [-0.25, -0.2) is 8.42 Å². The fourth-order valence-corrected chi connectivity index (χ4v) is 4.89. The second-order valence-corrected chi connectivity index (χ2v) is 8.54. The molecule has 0 bridgehead atoms. The van der Waals surface area contributed by atoms with E-state index in [-0.39, 0.29) is 27.7 Å². The summed E-state index contributed by atoms with van der Waals surface area (Å²) in [4.78, 5) is 12.4. The molecule has 0 aliphatic rings. The van der Waals surface area contributed by atoms with E-state index in [4.69, 9.17) is 16.9 Å². The minimum atomic E-state index is -3.96. The molecule has 8 heteroatoms. The Balaban J connectivity index is 1.94. The molecule has 0 aliphatic heterocycles. The van der Waals surface area contributed by atoms with Crippen LogP contribution in [-0.4, -0.2) is 20.9 Å². The summed E-state index contributed by atoms with van der Waals surface area (Å²) in [6, 6.07) is 21.2. The number of halogens is 1. The summed E-state index contributed by atoms with van der Waals surface area (Å²) in [6.07, 6.45) is 0. The van der Waals surface area contributed by atoms with Crippen LogP contribution >= 0.6 is 11.6 Å². The number of para-hydroxylation sites is 1. The largest absolute Gasteiger partial charge is 0.322 e. The van der Waals surface area contributed by atoms with E-state index in [1.807, 2.05) is 6.07 Å². The number of rotatable bonds is 6. The number of carbonyl (C=O) groups is 1. The van der Waals surface area contributed by atoms with E-state index >= 15 is 0 Å². The molecule has 0 aromatic heterocycles. The topological polar surface area (TPSA) is 90.3 Å². The van der Waals surface area contributed by atoms with Crippen molar-refractivity contribution in [3.05, 3.63) is 88.9 Å². The molecule has 6 nitrogen and oxygen atoms in total. The lowest BCUT2D eigenvalue weighted by atomic mass is 10.1. The van der Waals surface area contributed by atoms with Crippen molar-refractivity contribution in [2.75, 3.05) is 16.2 Å². The second kappa shape index (κ2) is 8.99. The lowest BCUT2D eigenvalue weighted by molar-refractivity contribution is 0.102. The Morgan fingerprint density at radius 1 is 1.07 bits per heavy atom. The van der Waals surface area contributed by atoms with Crippen molar-refractivity contribution >= 4 is 38.9 Å². The van der Waals surface area contributed by atoms with Crippen molar-refractivity contribution in [3.63, 3.8) is 0 Å². The molecule has 1 N–H and O–H groups in total. The van der Waals surface area contributed by atoms with Crippen LogP contribution in [0.5, 0.6) is 0 Å². The van der Waals surface area contributed by atoms with Crippen LogP contribution in [0.2, 0.25) is 5.02 Å². The number of nitrogens with zero attached hydrogens (tertiary/aromatic N) is 2. The third-order valence-electron chi connectivity index (χ3n) is 4.34. The molecule has 3 rings (SSSR count). The highest BCUT2D eigenvalue weighted by Crippen LogP contribution is 2.30. The molecular formula is C22H18ClN3O3S. The van der Waals surface area contributed by atoms with E-state index in [0.29, 0.717) is 11.3 Å². The van der Waals surface area contributed by atoms with Crippen LogP contribution < -0.4 is 9.62 Å². The molecule has 30 heavy (non-hydrogen) atoms. The van der Waals surface area contributed by atoms with Crippen molar-refractivity contribution in [1.29, 1.82) is 5.26 Å². The number of anilines is 2. The summed E-state index contributed by atoms with van der Waals surface area (Å²) in [5.74, 6) is -0.465. The summed E-state index contributed by atoms with van der Waals surface area (Å²) in [6.45, 7) is 1.94. The Hall–Kier alpha value is -3.34. The highest BCUT2D eigenvalue weighted by atomic mass is 35.5. The first-order chi connectivity index (χ1) is 14.4. The van der Waals surface area contributed by atoms with E-state index in [9.17, 15) is 13.2 Å². The SMILES string of the molecule is CCN(c1ccccc1)S(=O)(=O)c1cc(NC(=O)c2cccc(C#N)c2)ccc1Cl. The van der Waals surface area contributed by atoms with E-state index in [1.54, 1.807) is 55.5 Å². The zero-order valence-electron chi connectivity index (χ0n) is 16.0. The van der Waals surface area contributed by atoms with Gasteiger partial charge < -0.3 is 5.32 Å². The molecule has 0 saturated carbocycles. The Morgan fingerprint density at radius 3 is 2.47 bits per heavy atom. The molecule has 0 fully saturated rings. The van der Waals surface area contributed by atoms with E-state index < -0.39 is 15.9 Å². The van der Waals surface area contributed by atoms with Gasteiger partial charge in [0.05, 0.1) is 22.3 Å². The van der Waals surface area contributed by atoms with Gasteiger partial charge in [0.2, 0.25) is 0 Å². The van der Waals surface area contributed by atoms with Crippen LogP contribution in [0.25, 0.3) is 0 Å². The number of amides is 1. The first-order valence-corrected chi connectivity index (χ1v) is 10.9. The van der Waals surface area contributed by atoms with Crippen LogP contribution in [0.15, 0.2) is 77.7 Å². The van der Waals surface area contributed by atoms with Crippen LogP contribution in [0, 0.1) is 11.3 Å². The average molecular weight is 440 g/mol. The first-order valence-electron chi connectivity index (χ1n) is 9.05. The van der Waals surface area contributed by atoms with Gasteiger partial charge in [-0.1, -0.05) is 35.9 Å². The summed E-state index contributed by atoms with van der Waals surface area (Å²) in [5.41, 5.74) is 1.42. The number of nitrogens with one attached hydrogen (secondary N) is 1. The number of nitriles is 1. The Morgan fingerprint density at radius 2 is 1.80 bits per heavy atom. The number of carbonyl (C=O) groups excluding carboxylic acids is 1. The minimum Gasteiger partial charge on any atom is -0.322 e. The summed E-state index contributed by atoms with van der Waals surface area (Å²) in [7, 11) is -3.96. The van der Waals surface area contributed by atoms with Gasteiger partial charge in [0.1, 0.15) is 4.90 Å². The molecule has 0 aliphatic carbocycles. The van der Waals surface area contributed by atoms with Gasteiger partial charge in [-0.05, 0) is 55.5 Å². The van der Waals surface area contributed by atoms with Crippen LogP contribution in [0.1, 0.15) is 22.8 Å². The lowest BCUT2D eigenvalue weighted by Crippen LogP contribution is -2.31. The molecule has 1 amide bonds. The Labute approximate surface area is 180 Å². The van der Waals surface area contributed by atoms with Gasteiger partial charge in [-0.15, -0.1) is 0 Å². The summed E-state index contributed by atoms with van der Waals surface area (Å²) < 4.78 is 27.8. The maximum absolute atomic E-state index is 13.3. The number of benzene rings is 3. The molecule has 0 atom stereocenters. The van der Waals surface area contributed by atoms with Crippen molar-refractivity contribution in [2.45, 2.75) is 11.8 Å². The zero-order chi connectivity index (χ0) is 21.7. The molecule has 0 heterocycles. The van der Waals surface area contributed by atoms with E-state index in [0.717, 1.165) is 0 Å². The smallest absolute Gasteiger partial charge is 0.265 e. The molecule has 0 unspecified atom stereocenters. The Bertz CT molecular complexity index is 1220. The fraction of sp³-hybridized carbons (Fsp3) is 0.0909. The van der Waals surface area contributed by atoms with Gasteiger partial charge >= 0.3 is 0 Å². The van der Waals surface area contributed by atoms with E-state index in [2.05, 4.69) is 5.32 Å². The maximum Gasteiger partial charge on any atom is 0.265 e. The molecule has 0 radical (unpaired) electrons. The van der Waals surface area contributed by atoms with Gasteiger partial charge in [0.15, 0.2) is 0 Å². The second-order valence-electron chi connectivity index (χ2n) is 6.30. The number of hydrogen-bond acceptors (Lipinski definition) is 4. The summed E-state index contributed by atoms with van der Waals surface area (Å²) >= 11 is 6.21.